The first-order chi connectivity index (χ1) is 7.69. The molecule has 1 aromatic carbocycles. The highest BCUT2D eigenvalue weighted by Crippen LogP contribution is 2.19. The SMILES string of the molecule is CCC(CO)(CO)Nc1cccc(CN)c1. The van der Waals surface area contributed by atoms with Gasteiger partial charge in [-0.1, -0.05) is 19.1 Å². The number of aliphatic hydroxyl groups is 2. The fraction of sp³-hybridized carbons (Fsp3) is 0.500. The van der Waals surface area contributed by atoms with E-state index in [0.29, 0.717) is 13.0 Å². The molecule has 5 N–H and O–H groups in total. The maximum absolute atomic E-state index is 9.32. The van der Waals surface area contributed by atoms with Gasteiger partial charge in [0.25, 0.3) is 0 Å². The zero-order chi connectivity index (χ0) is 12.0. The van der Waals surface area contributed by atoms with E-state index < -0.39 is 5.54 Å². The predicted octanol–water partition coefficient (Wildman–Crippen LogP) is 0.691. The average molecular weight is 224 g/mol. The third-order valence-corrected chi connectivity index (χ3v) is 2.85. The van der Waals surface area contributed by atoms with Gasteiger partial charge in [-0.15, -0.1) is 0 Å². The molecule has 0 spiro atoms. The predicted molar refractivity (Wildman–Crippen MR) is 65.1 cm³/mol. The molecule has 0 aliphatic heterocycles. The van der Waals surface area contributed by atoms with Crippen LogP contribution in [0.15, 0.2) is 24.3 Å². The minimum absolute atomic E-state index is 0.104. The fourth-order valence-corrected chi connectivity index (χ4v) is 1.52. The molecule has 0 heterocycles. The van der Waals surface area contributed by atoms with Gasteiger partial charge in [0.2, 0.25) is 0 Å². The molecule has 0 saturated heterocycles. The summed E-state index contributed by atoms with van der Waals surface area (Å²) in [6.45, 7) is 2.19. The molecule has 1 aromatic rings. The van der Waals surface area contributed by atoms with Gasteiger partial charge in [-0.3, -0.25) is 0 Å². The number of aliphatic hydroxyl groups excluding tert-OH is 2. The van der Waals surface area contributed by atoms with Crippen LogP contribution in [0.4, 0.5) is 5.69 Å². The molecule has 1 rings (SSSR count). The smallest absolute Gasteiger partial charge is 0.0832 e. The van der Waals surface area contributed by atoms with Gasteiger partial charge in [0.15, 0.2) is 0 Å². The molecule has 0 radical (unpaired) electrons. The summed E-state index contributed by atoms with van der Waals surface area (Å²) in [5.41, 5.74) is 6.78. The van der Waals surface area contributed by atoms with Gasteiger partial charge in [-0.2, -0.15) is 0 Å². The topological polar surface area (TPSA) is 78.5 Å². The largest absolute Gasteiger partial charge is 0.394 e. The Morgan fingerprint density at radius 3 is 2.50 bits per heavy atom. The maximum atomic E-state index is 9.32. The molecule has 0 amide bonds. The number of nitrogens with one attached hydrogen (secondary N) is 1. The summed E-state index contributed by atoms with van der Waals surface area (Å²) < 4.78 is 0. The molecule has 0 aliphatic rings. The minimum Gasteiger partial charge on any atom is -0.394 e. The third kappa shape index (κ3) is 2.95. The van der Waals surface area contributed by atoms with Crippen LogP contribution in [0.2, 0.25) is 0 Å². The van der Waals surface area contributed by atoms with E-state index in [2.05, 4.69) is 5.32 Å². The number of nitrogens with two attached hydrogens (primary N) is 1. The Bertz CT molecular complexity index is 316. The van der Waals surface area contributed by atoms with E-state index >= 15 is 0 Å². The van der Waals surface area contributed by atoms with Crippen molar-refractivity contribution in [1.29, 1.82) is 0 Å². The van der Waals surface area contributed by atoms with E-state index in [0.717, 1.165) is 11.3 Å². The second kappa shape index (κ2) is 5.84. The van der Waals surface area contributed by atoms with E-state index in [9.17, 15) is 10.2 Å². The lowest BCUT2D eigenvalue weighted by molar-refractivity contribution is 0.132. The molecular formula is C12H20N2O2. The van der Waals surface area contributed by atoms with Crippen LogP contribution in [0, 0.1) is 0 Å². The number of rotatable bonds is 6. The first kappa shape index (κ1) is 13.0. The lowest BCUT2D eigenvalue weighted by Crippen LogP contribution is -2.45. The lowest BCUT2D eigenvalue weighted by atomic mass is 9.98. The van der Waals surface area contributed by atoms with Crippen molar-refractivity contribution >= 4 is 5.69 Å². The van der Waals surface area contributed by atoms with E-state index in [1.165, 1.54) is 0 Å². The van der Waals surface area contributed by atoms with Crippen molar-refractivity contribution in [1.82, 2.24) is 0 Å². The van der Waals surface area contributed by atoms with Crippen LogP contribution in [0.1, 0.15) is 18.9 Å². The van der Waals surface area contributed by atoms with E-state index in [4.69, 9.17) is 5.73 Å². The van der Waals surface area contributed by atoms with Gasteiger partial charge < -0.3 is 21.3 Å². The van der Waals surface area contributed by atoms with Crippen LogP contribution in [-0.4, -0.2) is 29.0 Å². The molecule has 90 valence electrons. The van der Waals surface area contributed by atoms with Gasteiger partial charge in [-0.05, 0) is 24.1 Å². The zero-order valence-corrected chi connectivity index (χ0v) is 9.61. The van der Waals surface area contributed by atoms with Gasteiger partial charge in [-0.25, -0.2) is 0 Å². The summed E-state index contributed by atoms with van der Waals surface area (Å²) in [4.78, 5) is 0. The van der Waals surface area contributed by atoms with Gasteiger partial charge >= 0.3 is 0 Å². The van der Waals surface area contributed by atoms with Crippen LogP contribution in [0.25, 0.3) is 0 Å². The Labute approximate surface area is 96.1 Å². The monoisotopic (exact) mass is 224 g/mol. The Morgan fingerprint density at radius 1 is 1.31 bits per heavy atom. The Hall–Kier alpha value is -1.10. The molecule has 0 aromatic heterocycles. The minimum atomic E-state index is -0.660. The van der Waals surface area contributed by atoms with Crippen molar-refractivity contribution in [3.05, 3.63) is 29.8 Å². The van der Waals surface area contributed by atoms with E-state index in [1.54, 1.807) is 0 Å². The van der Waals surface area contributed by atoms with Crippen molar-refractivity contribution in [2.24, 2.45) is 5.73 Å². The average Bonchev–Trinajstić information content (AvgIpc) is 2.36. The molecular weight excluding hydrogens is 204 g/mol. The lowest BCUT2D eigenvalue weighted by Gasteiger charge is -2.31. The van der Waals surface area contributed by atoms with Crippen molar-refractivity contribution < 1.29 is 10.2 Å². The van der Waals surface area contributed by atoms with Crippen molar-refractivity contribution in [2.75, 3.05) is 18.5 Å². The number of anilines is 1. The Morgan fingerprint density at radius 2 is 2.00 bits per heavy atom. The van der Waals surface area contributed by atoms with Crippen molar-refractivity contribution in [3.63, 3.8) is 0 Å². The molecule has 0 aliphatic carbocycles. The molecule has 0 atom stereocenters. The van der Waals surface area contributed by atoms with Gasteiger partial charge in [0.05, 0.1) is 18.8 Å². The highest BCUT2D eigenvalue weighted by Gasteiger charge is 2.25. The maximum Gasteiger partial charge on any atom is 0.0832 e. The number of benzene rings is 1. The van der Waals surface area contributed by atoms with Crippen LogP contribution in [0.3, 0.4) is 0 Å². The van der Waals surface area contributed by atoms with Gasteiger partial charge in [0, 0.05) is 12.2 Å². The van der Waals surface area contributed by atoms with Crippen LogP contribution in [0.5, 0.6) is 0 Å². The second-order valence-corrected chi connectivity index (χ2v) is 3.98. The Balaban J connectivity index is 2.84. The molecule has 0 bridgehead atoms. The molecule has 0 saturated carbocycles. The first-order valence-corrected chi connectivity index (χ1v) is 5.48. The fourth-order valence-electron chi connectivity index (χ4n) is 1.52. The summed E-state index contributed by atoms with van der Waals surface area (Å²) in [7, 11) is 0. The Kier molecular flexibility index (Phi) is 4.73. The highest BCUT2D eigenvalue weighted by molar-refractivity contribution is 5.48. The van der Waals surface area contributed by atoms with Crippen molar-refractivity contribution in [3.8, 4) is 0 Å². The molecule has 4 heteroatoms. The standard InChI is InChI=1S/C12H20N2O2/c1-2-12(8-15,9-16)14-11-5-3-4-10(6-11)7-13/h3-6,14-16H,2,7-9,13H2,1H3. The van der Waals surface area contributed by atoms with Crippen LogP contribution < -0.4 is 11.1 Å². The summed E-state index contributed by atoms with van der Waals surface area (Å²) >= 11 is 0. The summed E-state index contributed by atoms with van der Waals surface area (Å²) in [5, 5.41) is 21.8. The number of hydrogen-bond acceptors (Lipinski definition) is 4. The van der Waals surface area contributed by atoms with Crippen molar-refractivity contribution in [2.45, 2.75) is 25.4 Å². The summed E-state index contributed by atoms with van der Waals surface area (Å²) in [6, 6.07) is 7.67. The highest BCUT2D eigenvalue weighted by atomic mass is 16.3. The molecule has 0 fully saturated rings. The van der Waals surface area contributed by atoms with E-state index in [-0.39, 0.29) is 13.2 Å². The third-order valence-electron chi connectivity index (χ3n) is 2.85. The second-order valence-electron chi connectivity index (χ2n) is 3.98. The molecule has 16 heavy (non-hydrogen) atoms. The first-order valence-electron chi connectivity index (χ1n) is 5.48. The molecule has 4 nitrogen and oxygen atoms in total. The van der Waals surface area contributed by atoms with Gasteiger partial charge in [0.1, 0.15) is 0 Å². The van der Waals surface area contributed by atoms with E-state index in [1.807, 2.05) is 31.2 Å². The summed E-state index contributed by atoms with van der Waals surface area (Å²) in [5.74, 6) is 0. The quantitative estimate of drug-likeness (QED) is 0.573. The number of hydrogen-bond donors (Lipinski definition) is 4. The van der Waals surface area contributed by atoms with Crippen LogP contribution >= 0.6 is 0 Å². The zero-order valence-electron chi connectivity index (χ0n) is 9.61. The summed E-state index contributed by atoms with van der Waals surface area (Å²) in [6.07, 6.45) is 0.646. The normalized spacial score (nSPS) is 11.5. The van der Waals surface area contributed by atoms with Crippen LogP contribution in [-0.2, 0) is 6.54 Å². The molecule has 0 unspecified atom stereocenters.